The van der Waals surface area contributed by atoms with Gasteiger partial charge in [-0.2, -0.15) is 0 Å². The lowest BCUT2D eigenvalue weighted by Crippen LogP contribution is -2.36. The molecule has 0 unspecified atom stereocenters. The van der Waals surface area contributed by atoms with Gasteiger partial charge < -0.3 is 9.47 Å². The van der Waals surface area contributed by atoms with Crippen molar-refractivity contribution in [3.63, 3.8) is 0 Å². The summed E-state index contributed by atoms with van der Waals surface area (Å²) in [6.07, 6.45) is 0. The number of nitrogens with zero attached hydrogens (tertiary/aromatic N) is 1. The third-order valence-electron chi connectivity index (χ3n) is 3.46. The fourth-order valence-corrected chi connectivity index (χ4v) is 3.80. The molecule has 26 heavy (non-hydrogen) atoms. The van der Waals surface area contributed by atoms with Gasteiger partial charge in [0.1, 0.15) is 6.54 Å². The summed E-state index contributed by atoms with van der Waals surface area (Å²) in [7, 11) is -1.68. The van der Waals surface area contributed by atoms with Gasteiger partial charge in [0.05, 0.1) is 30.4 Å². The molecule has 0 heterocycles. The van der Waals surface area contributed by atoms with Crippen molar-refractivity contribution in [2.75, 3.05) is 25.1 Å². The largest absolute Gasteiger partial charge is 0.468 e. The molecule has 0 aromatic heterocycles. The Morgan fingerprint density at radius 3 is 2.27 bits per heavy atom. The normalized spacial score (nSPS) is 10.9. The van der Waals surface area contributed by atoms with Crippen molar-refractivity contribution in [3.8, 4) is 0 Å². The van der Waals surface area contributed by atoms with Crippen LogP contribution in [0.3, 0.4) is 0 Å². The van der Waals surface area contributed by atoms with Crippen molar-refractivity contribution >= 4 is 43.6 Å². The second-order valence-corrected chi connectivity index (χ2v) is 7.86. The molecular weight excluding hydrogens is 426 g/mol. The maximum Gasteiger partial charge on any atom is 0.337 e. The predicted molar refractivity (Wildman–Crippen MR) is 98.5 cm³/mol. The molecule has 0 N–H and O–H groups in total. The molecule has 0 atom stereocenters. The van der Waals surface area contributed by atoms with Crippen LogP contribution in [-0.4, -0.2) is 41.1 Å². The number of rotatable bonds is 6. The number of hydrogen-bond donors (Lipinski definition) is 0. The summed E-state index contributed by atoms with van der Waals surface area (Å²) in [6, 6.07) is 11.8. The Labute approximate surface area is 159 Å². The second-order valence-electron chi connectivity index (χ2n) is 5.08. The van der Waals surface area contributed by atoms with Crippen LogP contribution in [-0.2, 0) is 24.3 Å². The Morgan fingerprint density at radius 2 is 1.69 bits per heavy atom. The first kappa shape index (κ1) is 19.9. The Hall–Kier alpha value is -2.39. The van der Waals surface area contributed by atoms with Crippen molar-refractivity contribution in [1.82, 2.24) is 0 Å². The molecule has 2 aromatic rings. The molecule has 0 fully saturated rings. The zero-order valence-corrected chi connectivity index (χ0v) is 16.4. The van der Waals surface area contributed by atoms with Gasteiger partial charge in [0.15, 0.2) is 0 Å². The second kappa shape index (κ2) is 8.33. The molecule has 138 valence electrons. The zero-order chi connectivity index (χ0) is 19.3. The van der Waals surface area contributed by atoms with Crippen LogP contribution < -0.4 is 4.31 Å². The minimum absolute atomic E-state index is 0.00641. The van der Waals surface area contributed by atoms with Gasteiger partial charge in [0.2, 0.25) is 0 Å². The maximum absolute atomic E-state index is 13.0. The molecule has 0 aliphatic carbocycles. The van der Waals surface area contributed by atoms with Crippen LogP contribution in [0.1, 0.15) is 10.4 Å². The van der Waals surface area contributed by atoms with Crippen LogP contribution in [0.4, 0.5) is 5.69 Å². The lowest BCUT2D eigenvalue weighted by Gasteiger charge is -2.23. The molecular formula is C17H16BrNO6S. The average Bonchev–Trinajstić information content (AvgIpc) is 2.65. The van der Waals surface area contributed by atoms with E-state index in [1.165, 1.54) is 43.5 Å². The number of sulfonamides is 1. The van der Waals surface area contributed by atoms with Crippen molar-refractivity contribution in [2.45, 2.75) is 4.90 Å². The van der Waals surface area contributed by atoms with Gasteiger partial charge in [-0.1, -0.05) is 22.0 Å². The number of halogens is 1. The first-order valence-electron chi connectivity index (χ1n) is 7.33. The molecule has 0 aliphatic heterocycles. The molecule has 0 saturated heterocycles. The highest BCUT2D eigenvalue weighted by Crippen LogP contribution is 2.26. The van der Waals surface area contributed by atoms with Gasteiger partial charge in [-0.15, -0.1) is 0 Å². The van der Waals surface area contributed by atoms with E-state index in [-0.39, 0.29) is 16.1 Å². The number of benzene rings is 2. The number of methoxy groups -OCH3 is 2. The quantitative estimate of drug-likeness (QED) is 0.639. The third-order valence-corrected chi connectivity index (χ3v) is 5.77. The minimum Gasteiger partial charge on any atom is -0.468 e. The van der Waals surface area contributed by atoms with E-state index < -0.39 is 28.5 Å². The molecule has 7 nitrogen and oxygen atoms in total. The fourth-order valence-electron chi connectivity index (χ4n) is 2.14. The number of hydrogen-bond acceptors (Lipinski definition) is 6. The highest BCUT2D eigenvalue weighted by molar-refractivity contribution is 9.10. The van der Waals surface area contributed by atoms with E-state index in [1.807, 2.05) is 0 Å². The number of carbonyl (C=O) groups excluding carboxylic acids is 2. The molecule has 2 rings (SSSR count). The van der Waals surface area contributed by atoms with Gasteiger partial charge in [0.25, 0.3) is 10.0 Å². The minimum atomic E-state index is -4.07. The average molecular weight is 442 g/mol. The Bertz CT molecular complexity index is 911. The first-order chi connectivity index (χ1) is 12.3. The molecule has 0 amide bonds. The van der Waals surface area contributed by atoms with Crippen molar-refractivity contribution in [2.24, 2.45) is 0 Å². The summed E-state index contributed by atoms with van der Waals surface area (Å²) in [5.41, 5.74) is 0.298. The van der Waals surface area contributed by atoms with Crippen LogP contribution >= 0.6 is 15.9 Å². The Balaban J connectivity index is 2.55. The lowest BCUT2D eigenvalue weighted by molar-refractivity contribution is -0.138. The topological polar surface area (TPSA) is 90.0 Å². The van der Waals surface area contributed by atoms with E-state index in [1.54, 1.807) is 12.1 Å². The van der Waals surface area contributed by atoms with E-state index in [0.717, 1.165) is 11.4 Å². The monoisotopic (exact) mass is 441 g/mol. The molecule has 9 heteroatoms. The third kappa shape index (κ3) is 4.41. The Kier molecular flexibility index (Phi) is 6.38. The van der Waals surface area contributed by atoms with Gasteiger partial charge >= 0.3 is 11.9 Å². The molecule has 0 radical (unpaired) electrons. The summed E-state index contributed by atoms with van der Waals surface area (Å²) < 4.78 is 36.9. The van der Waals surface area contributed by atoms with Crippen molar-refractivity contribution < 1.29 is 27.5 Å². The molecule has 0 spiro atoms. The summed E-state index contributed by atoms with van der Waals surface area (Å²) in [5.74, 6) is -1.36. The summed E-state index contributed by atoms with van der Waals surface area (Å²) in [4.78, 5) is 23.5. The van der Waals surface area contributed by atoms with Crippen molar-refractivity contribution in [3.05, 3.63) is 58.6 Å². The maximum atomic E-state index is 13.0. The highest BCUT2D eigenvalue weighted by Gasteiger charge is 2.28. The van der Waals surface area contributed by atoms with Crippen LogP contribution in [0.15, 0.2) is 57.9 Å². The van der Waals surface area contributed by atoms with Gasteiger partial charge in [0, 0.05) is 4.47 Å². The first-order valence-corrected chi connectivity index (χ1v) is 9.56. The predicted octanol–water partition coefficient (Wildman–Crippen LogP) is 2.60. The van der Waals surface area contributed by atoms with Crippen LogP contribution in [0.2, 0.25) is 0 Å². The number of anilines is 1. The molecule has 0 aliphatic rings. The zero-order valence-electron chi connectivity index (χ0n) is 14.0. The number of esters is 2. The summed E-state index contributed by atoms with van der Waals surface area (Å²) >= 11 is 3.25. The number of carbonyl (C=O) groups is 2. The standard InChI is InChI=1S/C17H16BrNO6S/c1-24-16(20)11-19(14-5-3-4-12(10-14)17(21)25-2)26(22,23)15-8-6-13(18)7-9-15/h3-10H,11H2,1-2H3. The lowest BCUT2D eigenvalue weighted by atomic mass is 10.2. The van der Waals surface area contributed by atoms with E-state index in [4.69, 9.17) is 0 Å². The molecule has 0 saturated carbocycles. The van der Waals surface area contributed by atoms with E-state index in [0.29, 0.717) is 4.47 Å². The highest BCUT2D eigenvalue weighted by atomic mass is 79.9. The van der Waals surface area contributed by atoms with Gasteiger partial charge in [-0.25, -0.2) is 13.2 Å². The molecule has 0 bridgehead atoms. The summed E-state index contributed by atoms with van der Waals surface area (Å²) in [6.45, 7) is -0.542. The van der Waals surface area contributed by atoms with E-state index >= 15 is 0 Å². The molecule has 2 aromatic carbocycles. The van der Waals surface area contributed by atoms with Gasteiger partial charge in [-0.3, -0.25) is 9.10 Å². The van der Waals surface area contributed by atoms with Crippen LogP contribution in [0.25, 0.3) is 0 Å². The smallest absolute Gasteiger partial charge is 0.337 e. The van der Waals surface area contributed by atoms with Gasteiger partial charge in [-0.05, 0) is 42.5 Å². The fraction of sp³-hybridized carbons (Fsp3) is 0.176. The van der Waals surface area contributed by atoms with Crippen molar-refractivity contribution in [1.29, 1.82) is 0 Å². The van der Waals surface area contributed by atoms with Crippen LogP contribution in [0.5, 0.6) is 0 Å². The number of ether oxygens (including phenoxy) is 2. The van der Waals surface area contributed by atoms with Crippen LogP contribution in [0, 0.1) is 0 Å². The Morgan fingerprint density at radius 1 is 1.04 bits per heavy atom. The SMILES string of the molecule is COC(=O)CN(c1cccc(C(=O)OC)c1)S(=O)(=O)c1ccc(Br)cc1. The van der Waals surface area contributed by atoms with E-state index in [2.05, 4.69) is 25.4 Å². The van der Waals surface area contributed by atoms with E-state index in [9.17, 15) is 18.0 Å². The summed E-state index contributed by atoms with van der Waals surface area (Å²) in [5, 5.41) is 0.